The van der Waals surface area contributed by atoms with Crippen molar-refractivity contribution in [1.82, 2.24) is 14.4 Å². The summed E-state index contributed by atoms with van der Waals surface area (Å²) in [6.07, 6.45) is 2.43. The Hall–Kier alpha value is -1.17. The van der Waals surface area contributed by atoms with E-state index in [9.17, 15) is 4.57 Å². The summed E-state index contributed by atoms with van der Waals surface area (Å²) in [5.41, 5.74) is 0.924. The first-order valence-electron chi connectivity index (χ1n) is 7.41. The highest BCUT2D eigenvalue weighted by molar-refractivity contribution is 7.56. The zero-order chi connectivity index (χ0) is 17.5. The van der Waals surface area contributed by atoms with Crippen molar-refractivity contribution < 1.29 is 14.0 Å². The van der Waals surface area contributed by atoms with Crippen molar-refractivity contribution in [2.24, 2.45) is 0 Å². The highest BCUT2D eigenvalue weighted by Gasteiger charge is 2.32. The Kier molecular flexibility index (Phi) is 7.95. The number of hydrogen-bond acceptors (Lipinski definition) is 3. The fraction of sp³-hybridized carbons (Fsp3) is 0.500. The van der Waals surface area contributed by atoms with E-state index in [4.69, 9.17) is 9.47 Å². The molecule has 23 heavy (non-hydrogen) atoms. The lowest BCUT2D eigenvalue weighted by molar-refractivity contribution is 0.0501. The molecule has 1 aromatic rings. The molecule has 0 heterocycles. The van der Waals surface area contributed by atoms with Gasteiger partial charge < -0.3 is 9.47 Å². The number of benzene rings is 1. The van der Waals surface area contributed by atoms with Crippen molar-refractivity contribution in [3.05, 3.63) is 42.5 Å². The molecule has 0 aromatic heterocycles. The van der Waals surface area contributed by atoms with Crippen LogP contribution >= 0.6 is 7.59 Å². The van der Waals surface area contributed by atoms with Crippen LogP contribution in [0, 0.1) is 0 Å². The standard InChI is InChI=1S/C16H28N3O3P/c1-7-10-15(17-23(20,18(2)3)19(4)5)14-11-8-9-12-16(14)22-13-21-6/h7-9,11-12,15H,1,10,13H2,2-6H3,(H,17,20). The normalized spacial score (nSPS) is 13.3. The third-order valence-corrected chi connectivity index (χ3v) is 6.25. The lowest BCUT2D eigenvalue weighted by Gasteiger charge is -2.34. The molecule has 0 aliphatic heterocycles. The van der Waals surface area contributed by atoms with Gasteiger partial charge in [0.05, 0.1) is 0 Å². The van der Waals surface area contributed by atoms with E-state index in [-0.39, 0.29) is 12.8 Å². The zero-order valence-electron chi connectivity index (χ0n) is 14.7. The van der Waals surface area contributed by atoms with Gasteiger partial charge in [0, 0.05) is 18.7 Å². The van der Waals surface area contributed by atoms with Gasteiger partial charge in [-0.3, -0.25) is 4.57 Å². The fourth-order valence-electron chi connectivity index (χ4n) is 2.23. The van der Waals surface area contributed by atoms with Crippen LogP contribution in [0.5, 0.6) is 5.75 Å². The Morgan fingerprint density at radius 3 is 2.39 bits per heavy atom. The maximum atomic E-state index is 13.2. The maximum absolute atomic E-state index is 13.2. The van der Waals surface area contributed by atoms with Gasteiger partial charge in [-0.25, -0.2) is 14.4 Å². The summed E-state index contributed by atoms with van der Waals surface area (Å²) in [4.78, 5) is 0. The number of nitrogens with zero attached hydrogens (tertiary/aromatic N) is 2. The number of rotatable bonds is 10. The van der Waals surface area contributed by atoms with Crippen LogP contribution in [-0.2, 0) is 9.30 Å². The molecule has 7 heteroatoms. The van der Waals surface area contributed by atoms with Crippen molar-refractivity contribution in [3.8, 4) is 5.75 Å². The highest BCUT2D eigenvalue weighted by Crippen LogP contribution is 2.48. The lowest BCUT2D eigenvalue weighted by Crippen LogP contribution is -2.33. The first-order chi connectivity index (χ1) is 10.9. The van der Waals surface area contributed by atoms with Crippen LogP contribution in [0.15, 0.2) is 36.9 Å². The van der Waals surface area contributed by atoms with E-state index in [1.807, 2.05) is 24.3 Å². The molecule has 0 bridgehead atoms. The molecule has 6 nitrogen and oxygen atoms in total. The van der Waals surface area contributed by atoms with Crippen LogP contribution in [-0.4, -0.2) is 51.4 Å². The Morgan fingerprint density at radius 1 is 1.26 bits per heavy atom. The largest absolute Gasteiger partial charge is 0.467 e. The number of nitrogens with one attached hydrogen (secondary N) is 1. The molecule has 1 N–H and O–H groups in total. The van der Waals surface area contributed by atoms with E-state index >= 15 is 0 Å². The van der Waals surface area contributed by atoms with Gasteiger partial charge in [0.25, 0.3) is 7.59 Å². The molecule has 0 aliphatic rings. The summed E-state index contributed by atoms with van der Waals surface area (Å²) in [5.74, 6) is 0.706. The molecule has 0 fully saturated rings. The number of ether oxygens (including phenoxy) is 2. The molecule has 0 saturated heterocycles. The van der Waals surface area contributed by atoms with Crippen molar-refractivity contribution in [2.75, 3.05) is 42.1 Å². The van der Waals surface area contributed by atoms with Crippen molar-refractivity contribution >= 4 is 7.59 Å². The molecule has 0 saturated carbocycles. The van der Waals surface area contributed by atoms with Gasteiger partial charge in [0.15, 0.2) is 6.79 Å². The molecular weight excluding hydrogens is 313 g/mol. The van der Waals surface area contributed by atoms with E-state index < -0.39 is 7.59 Å². The summed E-state index contributed by atoms with van der Waals surface area (Å²) in [6, 6.07) is 7.49. The Balaban J connectivity index is 3.16. The molecule has 1 atom stereocenters. The molecule has 1 unspecified atom stereocenters. The summed E-state index contributed by atoms with van der Waals surface area (Å²) in [7, 11) is 5.89. The monoisotopic (exact) mass is 341 g/mol. The second-order valence-corrected chi connectivity index (χ2v) is 8.48. The van der Waals surface area contributed by atoms with E-state index in [0.29, 0.717) is 12.2 Å². The summed E-state index contributed by atoms with van der Waals surface area (Å²) >= 11 is 0. The van der Waals surface area contributed by atoms with E-state index in [1.165, 1.54) is 0 Å². The molecule has 130 valence electrons. The minimum absolute atomic E-state index is 0.164. The summed E-state index contributed by atoms with van der Waals surface area (Å²) < 4.78 is 27.3. The topological polar surface area (TPSA) is 54.0 Å². The predicted octanol–water partition coefficient (Wildman–Crippen LogP) is 3.11. The quantitative estimate of drug-likeness (QED) is 0.401. The third-order valence-electron chi connectivity index (χ3n) is 3.44. The summed E-state index contributed by atoms with van der Waals surface area (Å²) in [5, 5.41) is 3.28. The van der Waals surface area contributed by atoms with E-state index in [0.717, 1.165) is 5.56 Å². The third kappa shape index (κ3) is 5.16. The fourth-order valence-corrected chi connectivity index (χ4v) is 4.06. The van der Waals surface area contributed by atoms with Crippen LogP contribution < -0.4 is 9.82 Å². The minimum atomic E-state index is -2.88. The van der Waals surface area contributed by atoms with Crippen molar-refractivity contribution in [3.63, 3.8) is 0 Å². The first-order valence-corrected chi connectivity index (χ1v) is 9.03. The molecule has 0 spiro atoms. The Morgan fingerprint density at radius 2 is 1.87 bits per heavy atom. The maximum Gasteiger partial charge on any atom is 0.283 e. The average Bonchev–Trinajstić information content (AvgIpc) is 2.52. The average molecular weight is 341 g/mol. The Labute approximate surface area is 139 Å². The van der Waals surface area contributed by atoms with Gasteiger partial charge in [-0.1, -0.05) is 24.3 Å². The molecule has 1 rings (SSSR count). The van der Waals surface area contributed by atoms with Crippen molar-refractivity contribution in [1.29, 1.82) is 0 Å². The van der Waals surface area contributed by atoms with Crippen LogP contribution in [0.4, 0.5) is 0 Å². The predicted molar refractivity (Wildman–Crippen MR) is 94.6 cm³/mol. The lowest BCUT2D eigenvalue weighted by atomic mass is 10.0. The molecule has 0 aliphatic carbocycles. The minimum Gasteiger partial charge on any atom is -0.467 e. The zero-order valence-corrected chi connectivity index (χ0v) is 15.5. The van der Waals surface area contributed by atoms with Gasteiger partial charge in [-0.2, -0.15) is 0 Å². The number of methoxy groups -OCH3 is 1. The highest BCUT2D eigenvalue weighted by atomic mass is 31.2. The summed E-state index contributed by atoms with van der Waals surface area (Å²) in [6.45, 7) is 3.98. The number of para-hydroxylation sites is 1. The molecule has 0 radical (unpaired) electrons. The van der Waals surface area contributed by atoms with Gasteiger partial charge in [0.1, 0.15) is 5.75 Å². The van der Waals surface area contributed by atoms with Gasteiger partial charge >= 0.3 is 0 Å². The van der Waals surface area contributed by atoms with Crippen LogP contribution in [0.1, 0.15) is 18.0 Å². The smallest absolute Gasteiger partial charge is 0.283 e. The van der Waals surface area contributed by atoms with Crippen LogP contribution in [0.3, 0.4) is 0 Å². The number of hydrogen-bond donors (Lipinski definition) is 1. The van der Waals surface area contributed by atoms with Crippen molar-refractivity contribution in [2.45, 2.75) is 12.5 Å². The van der Waals surface area contributed by atoms with Gasteiger partial charge in [0.2, 0.25) is 0 Å². The second kappa shape index (κ2) is 9.21. The van der Waals surface area contributed by atoms with Crippen LogP contribution in [0.25, 0.3) is 0 Å². The Bertz CT molecular complexity index is 537. The van der Waals surface area contributed by atoms with E-state index in [2.05, 4.69) is 11.7 Å². The molecular formula is C16H28N3O3P. The second-order valence-electron chi connectivity index (χ2n) is 5.53. The van der Waals surface area contributed by atoms with Crippen LogP contribution in [0.2, 0.25) is 0 Å². The van der Waals surface area contributed by atoms with E-state index in [1.54, 1.807) is 50.7 Å². The molecule has 1 aromatic carbocycles. The van der Waals surface area contributed by atoms with Gasteiger partial charge in [-0.05, 0) is 40.7 Å². The SMILES string of the molecule is C=CCC(NP(=O)(N(C)C)N(C)C)c1ccccc1OCOC. The van der Waals surface area contributed by atoms with Gasteiger partial charge in [-0.15, -0.1) is 6.58 Å². The molecule has 0 amide bonds. The first kappa shape index (κ1) is 19.9.